The minimum atomic E-state index is -0.191. The van der Waals surface area contributed by atoms with Crippen LogP contribution in [0, 0.1) is 6.92 Å². The van der Waals surface area contributed by atoms with Gasteiger partial charge in [-0.3, -0.25) is 9.89 Å². The molecular formula is C22H19ClN4O2. The van der Waals surface area contributed by atoms with Crippen LogP contribution in [-0.4, -0.2) is 29.1 Å². The number of carbonyl (C=O) groups is 1. The van der Waals surface area contributed by atoms with E-state index in [0.29, 0.717) is 29.6 Å². The van der Waals surface area contributed by atoms with Crippen LogP contribution < -0.4 is 15.4 Å². The third kappa shape index (κ3) is 3.20. The molecule has 1 atom stereocenters. The summed E-state index contributed by atoms with van der Waals surface area (Å²) in [6.07, 6.45) is 0. The number of nitrogens with one attached hydrogen (secondary N) is 3. The SMILES string of the molecule is Cc1[nH]nc2c1C(c1cccc(Oc3ccc(Cl)cc3)c1)C1=C(CNCC1=O)N2. The van der Waals surface area contributed by atoms with Crippen molar-refractivity contribution in [1.82, 2.24) is 15.5 Å². The lowest BCUT2D eigenvalue weighted by molar-refractivity contribution is -0.115. The quantitative estimate of drug-likeness (QED) is 0.609. The monoisotopic (exact) mass is 406 g/mol. The van der Waals surface area contributed by atoms with E-state index in [1.54, 1.807) is 12.1 Å². The number of nitrogens with zero attached hydrogens (tertiary/aromatic N) is 1. The lowest BCUT2D eigenvalue weighted by Gasteiger charge is -2.32. The van der Waals surface area contributed by atoms with Crippen molar-refractivity contribution in [3.05, 3.63) is 81.6 Å². The highest BCUT2D eigenvalue weighted by Crippen LogP contribution is 2.44. The molecule has 3 N–H and O–H groups in total. The Bertz CT molecular complexity index is 1130. The molecule has 0 saturated heterocycles. The number of H-pyrrole nitrogens is 1. The van der Waals surface area contributed by atoms with E-state index in [-0.39, 0.29) is 11.7 Å². The molecule has 0 radical (unpaired) electrons. The summed E-state index contributed by atoms with van der Waals surface area (Å²) in [7, 11) is 0. The second kappa shape index (κ2) is 7.06. The number of fused-ring (bicyclic) bond motifs is 1. The van der Waals surface area contributed by atoms with Gasteiger partial charge in [-0.05, 0) is 48.9 Å². The number of ketones is 1. The lowest BCUT2D eigenvalue weighted by atomic mass is 9.78. The maximum atomic E-state index is 12.8. The molecule has 0 saturated carbocycles. The molecule has 2 aromatic carbocycles. The number of aromatic amines is 1. The maximum absolute atomic E-state index is 12.8. The van der Waals surface area contributed by atoms with Crippen LogP contribution in [0.5, 0.6) is 11.5 Å². The van der Waals surface area contributed by atoms with Gasteiger partial charge in [0.25, 0.3) is 0 Å². The first-order valence-electron chi connectivity index (χ1n) is 9.42. The van der Waals surface area contributed by atoms with Gasteiger partial charge in [-0.1, -0.05) is 23.7 Å². The second-order valence-corrected chi connectivity index (χ2v) is 7.65. The van der Waals surface area contributed by atoms with Gasteiger partial charge in [-0.15, -0.1) is 0 Å². The van der Waals surface area contributed by atoms with Crippen molar-refractivity contribution >= 4 is 23.2 Å². The van der Waals surface area contributed by atoms with Crippen LogP contribution in [0.4, 0.5) is 5.82 Å². The van der Waals surface area contributed by atoms with Crippen LogP contribution in [0.25, 0.3) is 0 Å². The van der Waals surface area contributed by atoms with Gasteiger partial charge in [0.1, 0.15) is 11.5 Å². The molecular weight excluding hydrogens is 388 g/mol. The van der Waals surface area contributed by atoms with Crippen LogP contribution in [0.3, 0.4) is 0 Å². The van der Waals surface area contributed by atoms with Crippen LogP contribution in [-0.2, 0) is 4.79 Å². The molecule has 2 aliphatic rings. The van der Waals surface area contributed by atoms with Crippen LogP contribution in [0.2, 0.25) is 5.02 Å². The van der Waals surface area contributed by atoms with Crippen molar-refractivity contribution in [3.63, 3.8) is 0 Å². The number of benzene rings is 2. The first-order chi connectivity index (χ1) is 14.1. The summed E-state index contributed by atoms with van der Waals surface area (Å²) in [5.74, 6) is 2.08. The molecule has 2 aliphatic heterocycles. The van der Waals surface area contributed by atoms with Crippen molar-refractivity contribution in [2.24, 2.45) is 0 Å². The zero-order chi connectivity index (χ0) is 20.0. The third-order valence-electron chi connectivity index (χ3n) is 5.29. The minimum Gasteiger partial charge on any atom is -0.457 e. The molecule has 1 aromatic heterocycles. The maximum Gasteiger partial charge on any atom is 0.175 e. The minimum absolute atomic E-state index is 0.0963. The zero-order valence-electron chi connectivity index (χ0n) is 15.8. The lowest BCUT2D eigenvalue weighted by Crippen LogP contribution is -2.39. The van der Waals surface area contributed by atoms with Crippen molar-refractivity contribution in [1.29, 1.82) is 0 Å². The zero-order valence-corrected chi connectivity index (χ0v) is 16.5. The van der Waals surface area contributed by atoms with Crippen molar-refractivity contribution in [2.45, 2.75) is 12.8 Å². The summed E-state index contributed by atoms with van der Waals surface area (Å²) in [4.78, 5) is 12.8. The van der Waals surface area contributed by atoms with Crippen molar-refractivity contribution in [2.75, 3.05) is 18.4 Å². The first-order valence-corrected chi connectivity index (χ1v) is 9.80. The molecule has 0 bridgehead atoms. The molecule has 3 aromatic rings. The van der Waals surface area contributed by atoms with E-state index >= 15 is 0 Å². The third-order valence-corrected chi connectivity index (χ3v) is 5.55. The molecule has 0 aliphatic carbocycles. The summed E-state index contributed by atoms with van der Waals surface area (Å²) in [5, 5.41) is 14.6. The van der Waals surface area contributed by atoms with Gasteiger partial charge in [0.2, 0.25) is 0 Å². The summed E-state index contributed by atoms with van der Waals surface area (Å²) in [5.41, 5.74) is 4.62. The van der Waals surface area contributed by atoms with Crippen LogP contribution >= 0.6 is 11.6 Å². The van der Waals surface area contributed by atoms with Gasteiger partial charge in [0.15, 0.2) is 11.6 Å². The molecule has 0 amide bonds. The Morgan fingerprint density at radius 3 is 2.76 bits per heavy atom. The molecule has 3 heterocycles. The van der Waals surface area contributed by atoms with Gasteiger partial charge in [-0.2, -0.15) is 5.10 Å². The summed E-state index contributed by atoms with van der Waals surface area (Å²) >= 11 is 5.96. The Kier molecular flexibility index (Phi) is 4.38. The van der Waals surface area contributed by atoms with E-state index in [1.807, 2.05) is 43.3 Å². The number of ether oxygens (including phenoxy) is 1. The number of hydrogen-bond acceptors (Lipinski definition) is 5. The molecule has 6 nitrogen and oxygen atoms in total. The van der Waals surface area contributed by atoms with E-state index in [9.17, 15) is 4.79 Å². The molecule has 7 heteroatoms. The molecule has 29 heavy (non-hydrogen) atoms. The molecule has 0 fully saturated rings. The Balaban J connectivity index is 1.58. The molecule has 146 valence electrons. The number of aromatic nitrogens is 2. The molecule has 0 spiro atoms. The van der Waals surface area contributed by atoms with Gasteiger partial charge < -0.3 is 15.4 Å². The number of carbonyl (C=O) groups excluding carboxylic acids is 1. The van der Waals surface area contributed by atoms with Gasteiger partial charge in [0, 0.05) is 40.0 Å². The fourth-order valence-corrected chi connectivity index (χ4v) is 4.14. The number of hydrogen-bond donors (Lipinski definition) is 3. The molecule has 5 rings (SSSR count). The normalized spacial score (nSPS) is 18.1. The Morgan fingerprint density at radius 1 is 1.10 bits per heavy atom. The highest BCUT2D eigenvalue weighted by molar-refractivity contribution is 6.30. The fourth-order valence-electron chi connectivity index (χ4n) is 4.01. The number of anilines is 1. The van der Waals surface area contributed by atoms with E-state index in [0.717, 1.165) is 33.9 Å². The smallest absolute Gasteiger partial charge is 0.175 e. The van der Waals surface area contributed by atoms with Crippen molar-refractivity contribution < 1.29 is 9.53 Å². The Hall–Kier alpha value is -3.09. The Morgan fingerprint density at radius 2 is 1.93 bits per heavy atom. The standard InChI is InChI=1S/C22H19ClN4O2/c1-12-19-20(21-17(10-24-11-18(21)28)25-22(19)27-26-12)13-3-2-4-16(9-13)29-15-7-5-14(23)6-8-15/h2-9,20,24H,10-11H2,1H3,(H2,25,26,27). The summed E-state index contributed by atoms with van der Waals surface area (Å²) in [6, 6.07) is 15.1. The second-order valence-electron chi connectivity index (χ2n) is 7.22. The first kappa shape index (κ1) is 18.0. The van der Waals surface area contributed by atoms with E-state index in [4.69, 9.17) is 16.3 Å². The van der Waals surface area contributed by atoms with E-state index in [2.05, 4.69) is 20.8 Å². The number of aryl methyl sites for hydroxylation is 1. The van der Waals surface area contributed by atoms with Gasteiger partial charge in [-0.25, -0.2) is 0 Å². The average Bonchev–Trinajstić information content (AvgIpc) is 3.09. The van der Waals surface area contributed by atoms with Crippen LogP contribution in [0.15, 0.2) is 59.8 Å². The highest BCUT2D eigenvalue weighted by Gasteiger charge is 2.37. The number of Topliss-reactive ketones (excluding diaryl/α,β-unsaturated/α-hetero) is 1. The van der Waals surface area contributed by atoms with Gasteiger partial charge in [0.05, 0.1) is 6.54 Å². The largest absolute Gasteiger partial charge is 0.457 e. The average molecular weight is 407 g/mol. The Labute approximate surface area is 172 Å². The fraction of sp³-hybridized carbons (Fsp3) is 0.182. The predicted octanol–water partition coefficient (Wildman–Crippen LogP) is 4.15. The number of halogens is 1. The van der Waals surface area contributed by atoms with E-state index < -0.39 is 0 Å². The highest BCUT2D eigenvalue weighted by atomic mass is 35.5. The van der Waals surface area contributed by atoms with Crippen molar-refractivity contribution in [3.8, 4) is 11.5 Å². The topological polar surface area (TPSA) is 79.0 Å². The summed E-state index contributed by atoms with van der Waals surface area (Å²) in [6.45, 7) is 2.93. The van der Waals surface area contributed by atoms with Gasteiger partial charge >= 0.3 is 0 Å². The molecule has 1 unspecified atom stereocenters. The number of rotatable bonds is 3. The summed E-state index contributed by atoms with van der Waals surface area (Å²) < 4.78 is 6.02. The van der Waals surface area contributed by atoms with E-state index in [1.165, 1.54) is 0 Å². The van der Waals surface area contributed by atoms with Crippen LogP contribution in [0.1, 0.15) is 22.7 Å². The predicted molar refractivity (Wildman–Crippen MR) is 112 cm³/mol.